The van der Waals surface area contributed by atoms with Crippen LogP contribution in [0.5, 0.6) is 17.2 Å². The number of amides is 1. The average molecular weight is 479 g/mol. The molecular formula is C26H26N2O5S. The van der Waals surface area contributed by atoms with Crippen LogP contribution in [0, 0.1) is 0 Å². The molecule has 0 aliphatic rings. The number of carbonyl (C=O) groups excluding carboxylic acids is 1. The number of fused-ring (bicyclic) bond motifs is 1. The van der Waals surface area contributed by atoms with Crippen LogP contribution in [-0.4, -0.2) is 52.0 Å². The van der Waals surface area contributed by atoms with Crippen LogP contribution in [0.3, 0.4) is 0 Å². The summed E-state index contributed by atoms with van der Waals surface area (Å²) in [6.45, 7) is 0.622. The van der Waals surface area contributed by atoms with Crippen LogP contribution >= 0.6 is 11.3 Å². The van der Waals surface area contributed by atoms with Gasteiger partial charge in [0.15, 0.2) is 11.7 Å². The number of thiazole rings is 1. The second-order valence-electron chi connectivity index (χ2n) is 7.42. The van der Waals surface area contributed by atoms with Gasteiger partial charge in [-0.3, -0.25) is 9.69 Å². The van der Waals surface area contributed by atoms with E-state index in [2.05, 4.69) is 0 Å². The number of hydrogen-bond acceptors (Lipinski definition) is 7. The van der Waals surface area contributed by atoms with Gasteiger partial charge < -0.3 is 18.9 Å². The van der Waals surface area contributed by atoms with Gasteiger partial charge in [-0.2, -0.15) is 0 Å². The van der Waals surface area contributed by atoms with Crippen molar-refractivity contribution in [1.82, 2.24) is 4.98 Å². The molecule has 8 heteroatoms. The minimum absolute atomic E-state index is 0.112. The van der Waals surface area contributed by atoms with Crippen molar-refractivity contribution in [3.63, 3.8) is 0 Å². The first-order valence-corrected chi connectivity index (χ1v) is 11.6. The quantitative estimate of drug-likeness (QED) is 0.318. The zero-order valence-electron chi connectivity index (χ0n) is 19.3. The van der Waals surface area contributed by atoms with Crippen molar-refractivity contribution in [2.24, 2.45) is 0 Å². The van der Waals surface area contributed by atoms with Crippen molar-refractivity contribution in [3.8, 4) is 28.5 Å². The molecule has 1 aromatic heterocycles. The molecule has 0 aliphatic carbocycles. The van der Waals surface area contributed by atoms with Crippen LogP contribution < -0.4 is 19.1 Å². The molecule has 34 heavy (non-hydrogen) atoms. The summed E-state index contributed by atoms with van der Waals surface area (Å²) < 4.78 is 21.9. The predicted octanol–water partition coefficient (Wildman–Crippen LogP) is 5.04. The molecule has 0 atom stereocenters. The summed E-state index contributed by atoms with van der Waals surface area (Å²) in [5, 5.41) is 4.62. The Morgan fingerprint density at radius 1 is 0.941 bits per heavy atom. The van der Waals surface area contributed by atoms with E-state index in [0.29, 0.717) is 41.2 Å². The Bertz CT molecular complexity index is 1270. The average Bonchev–Trinajstić information content (AvgIpc) is 3.37. The van der Waals surface area contributed by atoms with Crippen LogP contribution in [0.4, 0.5) is 5.13 Å². The molecule has 0 saturated heterocycles. The van der Waals surface area contributed by atoms with E-state index in [1.54, 1.807) is 26.2 Å². The molecule has 1 amide bonds. The van der Waals surface area contributed by atoms with Crippen molar-refractivity contribution in [1.29, 1.82) is 0 Å². The van der Waals surface area contributed by atoms with Crippen LogP contribution in [0.1, 0.15) is 0 Å². The van der Waals surface area contributed by atoms with Crippen LogP contribution in [0.15, 0.2) is 66.0 Å². The molecule has 0 saturated carbocycles. The Morgan fingerprint density at radius 3 is 2.50 bits per heavy atom. The Balaban J connectivity index is 1.53. The summed E-state index contributed by atoms with van der Waals surface area (Å²) in [6.07, 6.45) is 0. The minimum Gasteiger partial charge on any atom is -0.497 e. The van der Waals surface area contributed by atoms with E-state index in [-0.39, 0.29) is 12.5 Å². The smallest absolute Gasteiger partial charge is 0.266 e. The SMILES string of the molecule is COCCN(C(=O)COc1ccc2ccccc2c1)c1nc(-c2cc(OC)ccc2OC)cs1. The highest BCUT2D eigenvalue weighted by Gasteiger charge is 2.21. The molecule has 0 bridgehead atoms. The number of methoxy groups -OCH3 is 3. The molecule has 1 heterocycles. The molecule has 0 fully saturated rings. The molecule has 3 aromatic carbocycles. The van der Waals surface area contributed by atoms with Gasteiger partial charge >= 0.3 is 0 Å². The third-order valence-corrected chi connectivity index (χ3v) is 6.17. The first kappa shape index (κ1) is 23.5. The number of carbonyl (C=O) groups is 1. The maximum Gasteiger partial charge on any atom is 0.266 e. The number of anilines is 1. The second kappa shape index (κ2) is 11.0. The Labute approximate surface area is 202 Å². The van der Waals surface area contributed by atoms with Crippen LogP contribution in [-0.2, 0) is 9.53 Å². The molecule has 0 spiro atoms. The molecular weight excluding hydrogens is 452 g/mol. The van der Waals surface area contributed by atoms with Crippen molar-refractivity contribution in [2.75, 3.05) is 46.0 Å². The fourth-order valence-corrected chi connectivity index (χ4v) is 4.38. The van der Waals surface area contributed by atoms with E-state index in [1.165, 1.54) is 11.3 Å². The normalized spacial score (nSPS) is 10.8. The van der Waals surface area contributed by atoms with Crippen molar-refractivity contribution >= 4 is 33.1 Å². The maximum atomic E-state index is 13.1. The van der Waals surface area contributed by atoms with Gasteiger partial charge in [0, 0.05) is 18.1 Å². The summed E-state index contributed by atoms with van der Waals surface area (Å²) in [5.74, 6) is 1.80. The zero-order chi connectivity index (χ0) is 23.9. The standard InChI is InChI=1S/C26H26N2O5S/c1-30-13-12-28(25(29)16-33-21-9-8-18-6-4-5-7-19(18)14-21)26-27-23(17-34-26)22-15-20(31-2)10-11-24(22)32-3/h4-11,14-15,17H,12-13,16H2,1-3H3. The summed E-state index contributed by atoms with van der Waals surface area (Å²) in [7, 11) is 4.82. The highest BCUT2D eigenvalue weighted by atomic mass is 32.1. The molecule has 0 N–H and O–H groups in total. The number of hydrogen-bond donors (Lipinski definition) is 0. The van der Waals surface area contributed by atoms with E-state index >= 15 is 0 Å². The molecule has 7 nitrogen and oxygen atoms in total. The van der Waals surface area contributed by atoms with Gasteiger partial charge in [0.05, 0.1) is 33.1 Å². The van der Waals surface area contributed by atoms with Crippen molar-refractivity contribution < 1.29 is 23.7 Å². The third kappa shape index (κ3) is 5.30. The van der Waals surface area contributed by atoms with Gasteiger partial charge in [0.1, 0.15) is 17.2 Å². The molecule has 0 aliphatic heterocycles. The molecule has 4 rings (SSSR count). The highest BCUT2D eigenvalue weighted by molar-refractivity contribution is 7.14. The van der Waals surface area contributed by atoms with Crippen molar-refractivity contribution in [3.05, 3.63) is 66.0 Å². The van der Waals surface area contributed by atoms with E-state index in [1.807, 2.05) is 66.0 Å². The maximum absolute atomic E-state index is 13.1. The summed E-state index contributed by atoms with van der Waals surface area (Å²) in [5.41, 5.74) is 1.48. The number of ether oxygens (including phenoxy) is 4. The highest BCUT2D eigenvalue weighted by Crippen LogP contribution is 2.36. The number of rotatable bonds is 10. The van der Waals surface area contributed by atoms with E-state index < -0.39 is 0 Å². The Kier molecular flexibility index (Phi) is 7.61. The number of nitrogens with zero attached hydrogens (tertiary/aromatic N) is 2. The minimum atomic E-state index is -0.205. The fraction of sp³-hybridized carbons (Fsp3) is 0.231. The molecule has 0 unspecified atom stereocenters. The summed E-state index contributed by atoms with van der Waals surface area (Å²) in [6, 6.07) is 19.3. The first-order chi connectivity index (χ1) is 16.6. The fourth-order valence-electron chi connectivity index (χ4n) is 3.52. The van der Waals surface area contributed by atoms with Gasteiger partial charge in [-0.15, -0.1) is 11.3 Å². The number of benzene rings is 3. The van der Waals surface area contributed by atoms with Crippen LogP contribution in [0.2, 0.25) is 0 Å². The Morgan fingerprint density at radius 2 is 1.74 bits per heavy atom. The molecule has 0 radical (unpaired) electrons. The van der Waals surface area contributed by atoms with E-state index in [0.717, 1.165) is 16.3 Å². The van der Waals surface area contributed by atoms with E-state index in [9.17, 15) is 4.79 Å². The van der Waals surface area contributed by atoms with Crippen LogP contribution in [0.25, 0.3) is 22.0 Å². The van der Waals surface area contributed by atoms with E-state index in [4.69, 9.17) is 23.9 Å². The van der Waals surface area contributed by atoms with Gasteiger partial charge in [0.25, 0.3) is 5.91 Å². The van der Waals surface area contributed by atoms with Gasteiger partial charge in [0.2, 0.25) is 0 Å². The Hall–Kier alpha value is -3.62. The number of aromatic nitrogens is 1. The summed E-state index contributed by atoms with van der Waals surface area (Å²) in [4.78, 5) is 19.4. The topological polar surface area (TPSA) is 70.1 Å². The lowest BCUT2D eigenvalue weighted by molar-refractivity contribution is -0.120. The second-order valence-corrected chi connectivity index (χ2v) is 8.25. The van der Waals surface area contributed by atoms with Gasteiger partial charge in [-0.1, -0.05) is 30.3 Å². The summed E-state index contributed by atoms with van der Waals surface area (Å²) >= 11 is 1.37. The largest absolute Gasteiger partial charge is 0.497 e. The molecule has 176 valence electrons. The zero-order valence-corrected chi connectivity index (χ0v) is 20.1. The van der Waals surface area contributed by atoms with Gasteiger partial charge in [-0.25, -0.2) is 4.98 Å². The predicted molar refractivity (Wildman–Crippen MR) is 134 cm³/mol. The van der Waals surface area contributed by atoms with Crippen molar-refractivity contribution in [2.45, 2.75) is 0 Å². The van der Waals surface area contributed by atoms with Gasteiger partial charge in [-0.05, 0) is 41.1 Å². The first-order valence-electron chi connectivity index (χ1n) is 10.7. The monoisotopic (exact) mass is 478 g/mol. The lowest BCUT2D eigenvalue weighted by atomic mass is 10.1. The molecule has 4 aromatic rings. The third-order valence-electron chi connectivity index (χ3n) is 5.31. The lowest BCUT2D eigenvalue weighted by Crippen LogP contribution is -2.37. The lowest BCUT2D eigenvalue weighted by Gasteiger charge is -2.20.